The van der Waals surface area contributed by atoms with Gasteiger partial charge in [-0.2, -0.15) is 20.1 Å². The molecule has 4 heterocycles. The Bertz CT molecular complexity index is 1030. The molecule has 0 spiro atoms. The normalized spacial score (nSPS) is 24.7. The van der Waals surface area contributed by atoms with Gasteiger partial charge >= 0.3 is 5.97 Å². The van der Waals surface area contributed by atoms with Crippen LogP contribution in [-0.2, 0) is 14.3 Å². The molecule has 3 aliphatic rings. The molecule has 1 aliphatic carbocycles. The molecule has 3 fully saturated rings. The number of anilines is 4. The Hall–Kier alpha value is -2.95. The van der Waals surface area contributed by atoms with Crippen LogP contribution in [0.1, 0.15) is 51.6 Å². The molecule has 0 unspecified atom stereocenters. The second kappa shape index (κ2) is 8.12. The summed E-state index contributed by atoms with van der Waals surface area (Å²) in [5, 5.41) is 10.7. The highest BCUT2D eigenvalue weighted by molar-refractivity contribution is 5.85. The lowest BCUT2D eigenvalue weighted by molar-refractivity contribution is -0.146. The molecule has 1 saturated carbocycles. The molecule has 0 bridgehead atoms. The van der Waals surface area contributed by atoms with E-state index in [-0.39, 0.29) is 11.4 Å². The summed E-state index contributed by atoms with van der Waals surface area (Å²) in [5.41, 5.74) is 0.147. The number of hydrogen-bond acceptors (Lipinski definition) is 10. The zero-order chi connectivity index (χ0) is 23.2. The number of morpholine rings is 1. The van der Waals surface area contributed by atoms with E-state index in [1.165, 1.54) is 20.0 Å². The number of aromatic nitrogens is 5. The average molecular weight is 457 g/mol. The van der Waals surface area contributed by atoms with Crippen molar-refractivity contribution in [2.45, 2.75) is 51.5 Å². The molecule has 1 atom stereocenters. The van der Waals surface area contributed by atoms with Crippen molar-refractivity contribution in [2.24, 2.45) is 5.41 Å². The number of nitrogens with one attached hydrogen (secondary N) is 2. The van der Waals surface area contributed by atoms with Gasteiger partial charge in [-0.1, -0.05) is 13.8 Å². The number of methoxy groups -OCH3 is 1. The Balaban J connectivity index is 1.52. The summed E-state index contributed by atoms with van der Waals surface area (Å²) in [5.74, 6) is 2.34. The fourth-order valence-corrected chi connectivity index (χ4v) is 4.93. The maximum Gasteiger partial charge on any atom is 0.331 e. The van der Waals surface area contributed by atoms with Crippen LogP contribution in [0.15, 0.2) is 6.07 Å². The first-order valence-corrected chi connectivity index (χ1v) is 11.5. The molecule has 11 heteroatoms. The van der Waals surface area contributed by atoms with Gasteiger partial charge in [0.25, 0.3) is 0 Å². The van der Waals surface area contributed by atoms with Gasteiger partial charge in [0, 0.05) is 37.3 Å². The third-order valence-corrected chi connectivity index (χ3v) is 6.63. The van der Waals surface area contributed by atoms with Crippen LogP contribution in [0.2, 0.25) is 0 Å². The Kier molecular flexibility index (Phi) is 5.38. The van der Waals surface area contributed by atoms with E-state index in [0.29, 0.717) is 68.8 Å². The smallest absolute Gasteiger partial charge is 0.331 e. The first-order valence-electron chi connectivity index (χ1n) is 11.5. The lowest BCUT2D eigenvalue weighted by Gasteiger charge is -2.33. The van der Waals surface area contributed by atoms with Crippen LogP contribution in [-0.4, -0.2) is 76.6 Å². The number of rotatable bonds is 6. The first-order chi connectivity index (χ1) is 15.8. The van der Waals surface area contributed by atoms with Crippen molar-refractivity contribution in [1.82, 2.24) is 25.1 Å². The number of esters is 1. The predicted octanol–water partition coefficient (Wildman–Crippen LogP) is 2.22. The number of ether oxygens (including phenoxy) is 2. The van der Waals surface area contributed by atoms with E-state index in [2.05, 4.69) is 39.2 Å². The van der Waals surface area contributed by atoms with E-state index in [9.17, 15) is 4.79 Å². The number of H-pyrrole nitrogens is 1. The minimum Gasteiger partial charge on any atom is -0.467 e. The SMILES string of the molecule is COC(=O)[C@]1(C)CC(C)(C)CN1c1nc(Nc2cc(C3CC3)[nH]n2)nc(N2CCOCC2)n1. The van der Waals surface area contributed by atoms with Crippen LogP contribution in [0.4, 0.5) is 23.7 Å². The van der Waals surface area contributed by atoms with Crippen LogP contribution in [0, 0.1) is 5.41 Å². The van der Waals surface area contributed by atoms with E-state index < -0.39 is 5.54 Å². The molecular formula is C22H32N8O3. The fourth-order valence-electron chi connectivity index (χ4n) is 4.93. The van der Waals surface area contributed by atoms with Crippen molar-refractivity contribution >= 4 is 29.6 Å². The Labute approximate surface area is 193 Å². The van der Waals surface area contributed by atoms with Crippen molar-refractivity contribution < 1.29 is 14.3 Å². The third kappa shape index (κ3) is 4.33. The average Bonchev–Trinajstić information content (AvgIpc) is 3.49. The van der Waals surface area contributed by atoms with Gasteiger partial charge in [0.15, 0.2) is 5.82 Å². The van der Waals surface area contributed by atoms with Gasteiger partial charge in [0.1, 0.15) is 5.54 Å². The molecule has 2 aliphatic heterocycles. The molecule has 0 amide bonds. The molecule has 2 N–H and O–H groups in total. The van der Waals surface area contributed by atoms with Crippen LogP contribution >= 0.6 is 0 Å². The first kappa shape index (κ1) is 21.9. The summed E-state index contributed by atoms with van der Waals surface area (Å²) >= 11 is 0. The van der Waals surface area contributed by atoms with Crippen LogP contribution < -0.4 is 15.1 Å². The highest BCUT2D eigenvalue weighted by atomic mass is 16.5. The van der Waals surface area contributed by atoms with Gasteiger partial charge < -0.3 is 24.6 Å². The van der Waals surface area contributed by atoms with Crippen molar-refractivity contribution in [1.29, 1.82) is 0 Å². The summed E-state index contributed by atoms with van der Waals surface area (Å²) in [6.45, 7) is 9.41. The molecular weight excluding hydrogens is 424 g/mol. The molecule has 2 aromatic rings. The maximum atomic E-state index is 12.9. The minimum absolute atomic E-state index is 0.107. The summed E-state index contributed by atoms with van der Waals surface area (Å²) in [6, 6.07) is 2.01. The maximum absolute atomic E-state index is 12.9. The summed E-state index contributed by atoms with van der Waals surface area (Å²) in [7, 11) is 1.42. The van der Waals surface area contributed by atoms with Crippen LogP contribution in [0.3, 0.4) is 0 Å². The topological polar surface area (TPSA) is 121 Å². The summed E-state index contributed by atoms with van der Waals surface area (Å²) in [6.07, 6.45) is 3.02. The number of carbonyl (C=O) groups is 1. The fraction of sp³-hybridized carbons (Fsp3) is 0.682. The van der Waals surface area contributed by atoms with Crippen molar-refractivity contribution in [3.05, 3.63) is 11.8 Å². The van der Waals surface area contributed by atoms with Crippen LogP contribution in [0.5, 0.6) is 0 Å². The van der Waals surface area contributed by atoms with Gasteiger partial charge in [-0.05, 0) is 31.6 Å². The zero-order valence-electron chi connectivity index (χ0n) is 19.7. The van der Waals surface area contributed by atoms with Gasteiger partial charge in [0.2, 0.25) is 17.8 Å². The van der Waals surface area contributed by atoms with Gasteiger partial charge in [-0.15, -0.1) is 0 Å². The van der Waals surface area contributed by atoms with Crippen LogP contribution in [0.25, 0.3) is 0 Å². The Morgan fingerprint density at radius 1 is 1.18 bits per heavy atom. The Morgan fingerprint density at radius 3 is 2.61 bits per heavy atom. The van der Waals surface area contributed by atoms with Gasteiger partial charge in [0.05, 0.1) is 20.3 Å². The molecule has 0 radical (unpaired) electrons. The summed E-state index contributed by atoms with van der Waals surface area (Å²) < 4.78 is 10.7. The second-order valence-electron chi connectivity index (χ2n) is 10.2. The minimum atomic E-state index is -0.870. The van der Waals surface area contributed by atoms with E-state index in [4.69, 9.17) is 19.4 Å². The molecule has 2 saturated heterocycles. The molecule has 0 aromatic carbocycles. The molecule has 2 aromatic heterocycles. The van der Waals surface area contributed by atoms with Gasteiger partial charge in [-0.3, -0.25) is 5.10 Å². The standard InChI is InChI=1S/C22H32N8O3/c1-21(2)12-22(3,17(31)32-4)30(13-21)20-25-18(23-16-11-15(27-28-16)14-5-6-14)24-19(26-20)29-7-9-33-10-8-29/h11,14H,5-10,12-13H2,1-4H3,(H2,23,24,25,26,27,28)/t22-/m0/s1. The molecule has 33 heavy (non-hydrogen) atoms. The lowest BCUT2D eigenvalue weighted by Crippen LogP contribution is -2.49. The third-order valence-electron chi connectivity index (χ3n) is 6.63. The molecule has 5 rings (SSSR count). The number of carbonyl (C=O) groups excluding carboxylic acids is 1. The second-order valence-corrected chi connectivity index (χ2v) is 10.2. The highest BCUT2D eigenvalue weighted by Gasteiger charge is 2.53. The quantitative estimate of drug-likeness (QED) is 0.626. The van der Waals surface area contributed by atoms with E-state index in [0.717, 1.165) is 5.69 Å². The lowest BCUT2D eigenvalue weighted by atomic mass is 9.85. The van der Waals surface area contributed by atoms with Crippen molar-refractivity contribution in [3.8, 4) is 0 Å². The van der Waals surface area contributed by atoms with E-state index in [1.807, 2.05) is 17.9 Å². The molecule has 178 valence electrons. The molecule has 11 nitrogen and oxygen atoms in total. The summed E-state index contributed by atoms with van der Waals surface area (Å²) in [4.78, 5) is 31.1. The zero-order valence-corrected chi connectivity index (χ0v) is 19.7. The number of nitrogens with zero attached hydrogens (tertiary/aromatic N) is 6. The highest BCUT2D eigenvalue weighted by Crippen LogP contribution is 2.44. The van der Waals surface area contributed by atoms with Crippen molar-refractivity contribution in [3.63, 3.8) is 0 Å². The predicted molar refractivity (Wildman–Crippen MR) is 123 cm³/mol. The van der Waals surface area contributed by atoms with Gasteiger partial charge in [-0.25, -0.2) is 4.79 Å². The van der Waals surface area contributed by atoms with Crippen molar-refractivity contribution in [2.75, 3.05) is 55.1 Å². The van der Waals surface area contributed by atoms with E-state index in [1.54, 1.807) is 0 Å². The number of aromatic amines is 1. The Morgan fingerprint density at radius 2 is 1.91 bits per heavy atom. The largest absolute Gasteiger partial charge is 0.467 e. The monoisotopic (exact) mass is 456 g/mol. The number of hydrogen-bond donors (Lipinski definition) is 2. The van der Waals surface area contributed by atoms with E-state index >= 15 is 0 Å².